The maximum absolute atomic E-state index is 13.1. The minimum Gasteiger partial charge on any atom is -0.459 e. The predicted molar refractivity (Wildman–Crippen MR) is 126 cm³/mol. The van der Waals surface area contributed by atoms with Crippen molar-refractivity contribution in [2.24, 2.45) is 17.8 Å². The van der Waals surface area contributed by atoms with Gasteiger partial charge in [0, 0.05) is 19.6 Å². The molecule has 0 spiro atoms. The minimum absolute atomic E-state index is 0.161. The van der Waals surface area contributed by atoms with E-state index >= 15 is 0 Å². The van der Waals surface area contributed by atoms with E-state index in [2.05, 4.69) is 0 Å². The third-order valence-electron chi connectivity index (χ3n) is 6.97. The van der Waals surface area contributed by atoms with Crippen LogP contribution in [0.4, 0.5) is 0 Å². The summed E-state index contributed by atoms with van der Waals surface area (Å²) in [7, 11) is 1.56. The Kier molecular flexibility index (Phi) is 9.24. The van der Waals surface area contributed by atoms with Gasteiger partial charge in [0.05, 0.1) is 31.2 Å². The Bertz CT molecular complexity index is 931. The third-order valence-corrected chi connectivity index (χ3v) is 6.97. The van der Waals surface area contributed by atoms with Gasteiger partial charge in [-0.25, -0.2) is 0 Å². The van der Waals surface area contributed by atoms with Gasteiger partial charge in [0.15, 0.2) is 0 Å². The maximum Gasteiger partial charge on any atom is 0.233 e. The number of furan rings is 1. The summed E-state index contributed by atoms with van der Waals surface area (Å²) < 4.78 is 10.9. The highest BCUT2D eigenvalue weighted by Crippen LogP contribution is 2.46. The Morgan fingerprint density at radius 2 is 2.03 bits per heavy atom. The molecule has 4 atom stereocenters. The molecule has 8 nitrogen and oxygen atoms in total. The lowest BCUT2D eigenvalue weighted by Crippen LogP contribution is -2.39. The Morgan fingerprint density at radius 1 is 1.26 bits per heavy atom. The average molecular weight is 476 g/mol. The van der Waals surface area contributed by atoms with Crippen molar-refractivity contribution < 1.29 is 34.1 Å². The molecule has 1 saturated heterocycles. The molecule has 1 aliphatic carbocycles. The van der Waals surface area contributed by atoms with Crippen LogP contribution in [0.15, 0.2) is 33.3 Å². The van der Waals surface area contributed by atoms with Crippen LogP contribution in [0.2, 0.25) is 0 Å². The molecule has 3 N–H and O–H groups in total. The van der Waals surface area contributed by atoms with Gasteiger partial charge >= 0.3 is 0 Å². The number of hydrogen-bond acceptors (Lipinski definition) is 7. The molecule has 1 aromatic rings. The van der Waals surface area contributed by atoms with E-state index in [-0.39, 0.29) is 31.6 Å². The zero-order valence-corrected chi connectivity index (χ0v) is 20.3. The lowest BCUT2D eigenvalue weighted by atomic mass is 9.68. The summed E-state index contributed by atoms with van der Waals surface area (Å²) in [5, 5.41) is 30.7. The second kappa shape index (κ2) is 11.9. The Balaban J connectivity index is 1.83. The number of amides is 2. The molecule has 2 aliphatic rings. The van der Waals surface area contributed by atoms with Gasteiger partial charge in [0.1, 0.15) is 18.1 Å². The van der Waals surface area contributed by atoms with Crippen LogP contribution in [0.3, 0.4) is 0 Å². The van der Waals surface area contributed by atoms with Crippen molar-refractivity contribution in [3.05, 3.63) is 40.4 Å². The average Bonchev–Trinajstić information content (AvgIpc) is 3.39. The van der Waals surface area contributed by atoms with Gasteiger partial charge in [-0.15, -0.1) is 0 Å². The molecule has 1 aromatic heterocycles. The fraction of sp³-hybridized carbons (Fsp3) is 0.615. The molecule has 0 bridgehead atoms. The number of aliphatic hydroxyl groups excluding tert-OH is 3. The first-order valence-corrected chi connectivity index (χ1v) is 12.1. The van der Waals surface area contributed by atoms with Crippen LogP contribution >= 0.6 is 0 Å². The number of aliphatic hydroxyl groups is 3. The van der Waals surface area contributed by atoms with E-state index < -0.39 is 23.9 Å². The van der Waals surface area contributed by atoms with Gasteiger partial charge in [-0.05, 0) is 61.5 Å². The first kappa shape index (κ1) is 26.3. The standard InChI is InChI=1S/C26H37NO7/c1-4-10-27-25(31)20-12-17(15-33-3)23(21(14-29)24(20)26(27)32)22(30)9-6-16(5-2)11-18-7-8-19(13-28)34-18/h7-8,11,20-22,24,28-30H,4-6,9-10,12-15H2,1-3H3/b16-11+/t20-,21+,22-,24-/m1/s1. The second-order valence-corrected chi connectivity index (χ2v) is 9.12. The van der Waals surface area contributed by atoms with Crippen LogP contribution < -0.4 is 0 Å². The van der Waals surface area contributed by atoms with Crippen molar-refractivity contribution in [3.8, 4) is 0 Å². The lowest BCUT2D eigenvalue weighted by molar-refractivity contribution is -0.140. The van der Waals surface area contributed by atoms with Gasteiger partial charge in [-0.1, -0.05) is 19.4 Å². The SMILES string of the molecule is CCCN1C(=O)[C@@H]2[C@@H](CC(COC)=C([C@H](O)CC/C(=C/c3ccc(CO)o3)CC)[C@@H]2CO)C1=O. The summed E-state index contributed by atoms with van der Waals surface area (Å²) in [6.45, 7) is 4.08. The fourth-order valence-electron chi connectivity index (χ4n) is 5.36. The van der Waals surface area contributed by atoms with Crippen molar-refractivity contribution in [2.75, 3.05) is 26.9 Å². The van der Waals surface area contributed by atoms with Crippen LogP contribution in [0, 0.1) is 17.8 Å². The molecule has 1 aliphatic heterocycles. The van der Waals surface area contributed by atoms with E-state index in [1.54, 1.807) is 19.2 Å². The van der Waals surface area contributed by atoms with E-state index in [9.17, 15) is 24.9 Å². The van der Waals surface area contributed by atoms with E-state index in [1.165, 1.54) is 4.90 Å². The number of likely N-dealkylation sites (tertiary alicyclic amines) is 1. The first-order valence-electron chi connectivity index (χ1n) is 12.1. The number of ether oxygens (including phenoxy) is 1. The topological polar surface area (TPSA) is 120 Å². The van der Waals surface area contributed by atoms with Crippen LogP contribution in [0.25, 0.3) is 6.08 Å². The summed E-state index contributed by atoms with van der Waals surface area (Å²) in [4.78, 5) is 27.4. The van der Waals surface area contributed by atoms with Gasteiger partial charge in [-0.3, -0.25) is 14.5 Å². The number of allylic oxidation sites excluding steroid dienone is 1. The zero-order chi connectivity index (χ0) is 24.8. The van der Waals surface area contributed by atoms with Gasteiger partial charge in [0.25, 0.3) is 0 Å². The van der Waals surface area contributed by atoms with Crippen LogP contribution in [-0.4, -0.2) is 65.0 Å². The highest BCUT2D eigenvalue weighted by molar-refractivity contribution is 6.05. The zero-order valence-electron chi connectivity index (χ0n) is 20.3. The normalized spacial score (nSPS) is 24.2. The second-order valence-electron chi connectivity index (χ2n) is 9.12. The first-order chi connectivity index (χ1) is 16.4. The minimum atomic E-state index is -0.870. The molecule has 0 unspecified atom stereocenters. The number of nitrogens with zero attached hydrogens (tertiary/aromatic N) is 1. The molecular formula is C26H37NO7. The smallest absolute Gasteiger partial charge is 0.233 e. The van der Waals surface area contributed by atoms with E-state index in [4.69, 9.17) is 9.15 Å². The van der Waals surface area contributed by atoms with Crippen molar-refractivity contribution in [1.82, 2.24) is 4.90 Å². The molecule has 8 heteroatoms. The molecule has 0 radical (unpaired) electrons. The number of methoxy groups -OCH3 is 1. The summed E-state index contributed by atoms with van der Waals surface area (Å²) >= 11 is 0. The van der Waals surface area contributed by atoms with Crippen molar-refractivity contribution >= 4 is 17.9 Å². The summed E-state index contributed by atoms with van der Waals surface area (Å²) in [6, 6.07) is 3.52. The van der Waals surface area contributed by atoms with Gasteiger partial charge in [-0.2, -0.15) is 0 Å². The molecular weight excluding hydrogens is 438 g/mol. The van der Waals surface area contributed by atoms with Gasteiger partial charge < -0.3 is 24.5 Å². The molecule has 0 saturated carbocycles. The van der Waals surface area contributed by atoms with Gasteiger partial charge in [0.2, 0.25) is 11.8 Å². The molecule has 34 heavy (non-hydrogen) atoms. The van der Waals surface area contributed by atoms with E-state index in [1.807, 2.05) is 19.9 Å². The number of carbonyl (C=O) groups is 2. The summed E-state index contributed by atoms with van der Waals surface area (Å²) in [6.07, 6.45) is 3.85. The molecule has 2 heterocycles. The number of hydrogen-bond donors (Lipinski definition) is 3. The van der Waals surface area contributed by atoms with E-state index in [0.29, 0.717) is 49.3 Å². The Labute approximate surface area is 200 Å². The Hall–Kier alpha value is -2.26. The molecule has 2 amide bonds. The largest absolute Gasteiger partial charge is 0.459 e. The van der Waals surface area contributed by atoms with Crippen LogP contribution in [-0.2, 0) is 20.9 Å². The lowest BCUT2D eigenvalue weighted by Gasteiger charge is -2.36. The highest BCUT2D eigenvalue weighted by atomic mass is 16.5. The summed E-state index contributed by atoms with van der Waals surface area (Å²) in [5.74, 6) is -1.05. The molecule has 3 rings (SSSR count). The van der Waals surface area contributed by atoms with Crippen LogP contribution in [0.1, 0.15) is 57.5 Å². The van der Waals surface area contributed by atoms with Crippen molar-refractivity contribution in [3.63, 3.8) is 0 Å². The summed E-state index contributed by atoms with van der Waals surface area (Å²) in [5.41, 5.74) is 2.51. The van der Waals surface area contributed by atoms with Crippen molar-refractivity contribution in [1.29, 1.82) is 0 Å². The molecule has 188 valence electrons. The predicted octanol–water partition coefficient (Wildman–Crippen LogP) is 2.67. The van der Waals surface area contributed by atoms with Crippen LogP contribution in [0.5, 0.6) is 0 Å². The fourth-order valence-corrected chi connectivity index (χ4v) is 5.36. The monoisotopic (exact) mass is 475 g/mol. The van der Waals surface area contributed by atoms with Crippen molar-refractivity contribution in [2.45, 2.75) is 58.7 Å². The maximum atomic E-state index is 13.1. The molecule has 1 fully saturated rings. The Morgan fingerprint density at radius 3 is 2.62 bits per heavy atom. The molecule has 0 aromatic carbocycles. The number of carbonyl (C=O) groups excluding carboxylic acids is 2. The number of fused-ring (bicyclic) bond motifs is 1. The number of rotatable bonds is 12. The third kappa shape index (κ3) is 5.35. The quantitative estimate of drug-likeness (QED) is 0.314. The van der Waals surface area contributed by atoms with E-state index in [0.717, 1.165) is 17.6 Å². The highest BCUT2D eigenvalue weighted by Gasteiger charge is 2.54. The number of imide groups is 1.